The molecule has 7 nitrogen and oxygen atoms in total. The second kappa shape index (κ2) is 8.03. The van der Waals surface area contributed by atoms with Crippen molar-refractivity contribution in [3.8, 4) is 5.75 Å². The number of likely N-dealkylation sites (tertiary alicyclic amines) is 1. The van der Waals surface area contributed by atoms with Gasteiger partial charge in [0.05, 0.1) is 25.3 Å². The number of hydrogen-bond donors (Lipinski definition) is 0. The van der Waals surface area contributed by atoms with E-state index in [2.05, 4.69) is 4.98 Å². The number of fused-ring (bicyclic) bond motifs is 1. The second-order valence-electron chi connectivity index (χ2n) is 8.17. The lowest BCUT2D eigenvalue weighted by atomic mass is 10.0. The van der Waals surface area contributed by atoms with E-state index in [4.69, 9.17) is 4.74 Å². The van der Waals surface area contributed by atoms with Crippen LogP contribution in [0.3, 0.4) is 0 Å². The van der Waals surface area contributed by atoms with Crippen molar-refractivity contribution in [3.05, 3.63) is 90.3 Å². The first-order chi connectivity index (χ1) is 15.5. The van der Waals surface area contributed by atoms with Gasteiger partial charge in [-0.25, -0.2) is 8.42 Å². The van der Waals surface area contributed by atoms with Crippen LogP contribution in [-0.2, 0) is 16.6 Å². The van der Waals surface area contributed by atoms with Gasteiger partial charge < -0.3 is 9.64 Å². The van der Waals surface area contributed by atoms with Gasteiger partial charge in [0.25, 0.3) is 5.91 Å². The quantitative estimate of drug-likeness (QED) is 0.614. The highest BCUT2D eigenvalue weighted by molar-refractivity contribution is 7.89. The Bertz CT molecular complexity index is 1230. The number of aromatic nitrogens is 1. The Morgan fingerprint density at radius 1 is 0.969 bits per heavy atom. The molecule has 164 valence electrons. The summed E-state index contributed by atoms with van der Waals surface area (Å²) in [5.41, 5.74) is 0.427. The van der Waals surface area contributed by atoms with Gasteiger partial charge in [0, 0.05) is 24.7 Å². The summed E-state index contributed by atoms with van der Waals surface area (Å²) in [6.07, 6.45) is 2.18. The molecular formula is C24H23N3O4S. The van der Waals surface area contributed by atoms with Crippen LogP contribution in [0.25, 0.3) is 0 Å². The molecule has 2 aliphatic heterocycles. The molecule has 0 bridgehead atoms. The minimum Gasteiger partial charge on any atom is -0.483 e. The Kier molecular flexibility index (Phi) is 5.19. The van der Waals surface area contributed by atoms with E-state index in [0.717, 1.165) is 0 Å². The Morgan fingerprint density at radius 3 is 2.50 bits per heavy atom. The molecule has 0 aliphatic carbocycles. The van der Waals surface area contributed by atoms with Crippen LogP contribution in [0.4, 0.5) is 0 Å². The number of benzene rings is 2. The highest BCUT2D eigenvalue weighted by Gasteiger charge is 2.48. The third-order valence-electron chi connectivity index (χ3n) is 5.95. The fourth-order valence-corrected chi connectivity index (χ4v) is 5.97. The topological polar surface area (TPSA) is 79.8 Å². The van der Waals surface area contributed by atoms with E-state index in [1.807, 2.05) is 24.3 Å². The first kappa shape index (κ1) is 20.7. The van der Waals surface area contributed by atoms with E-state index in [1.54, 1.807) is 59.6 Å². The van der Waals surface area contributed by atoms with E-state index in [0.29, 0.717) is 36.5 Å². The molecule has 32 heavy (non-hydrogen) atoms. The predicted octanol–water partition coefficient (Wildman–Crippen LogP) is 2.95. The van der Waals surface area contributed by atoms with Gasteiger partial charge in [0.2, 0.25) is 10.0 Å². The molecule has 0 radical (unpaired) electrons. The summed E-state index contributed by atoms with van der Waals surface area (Å²) < 4.78 is 34.9. The predicted molar refractivity (Wildman–Crippen MR) is 119 cm³/mol. The number of ether oxygens (including phenoxy) is 1. The SMILES string of the molecule is O=C(c1ccccc1)N1CC[C@]2(C1)CN(Cc1ccccn1)S(=O)(=O)c1ccccc1O2. The zero-order valence-electron chi connectivity index (χ0n) is 17.4. The fraction of sp³-hybridized carbons (Fsp3) is 0.250. The molecule has 2 aromatic carbocycles. The average Bonchev–Trinajstić information content (AvgIpc) is 3.19. The molecular weight excluding hydrogens is 426 g/mol. The van der Waals surface area contributed by atoms with Gasteiger partial charge in [-0.05, 0) is 36.4 Å². The van der Waals surface area contributed by atoms with Gasteiger partial charge in [0.1, 0.15) is 16.2 Å². The molecule has 3 heterocycles. The van der Waals surface area contributed by atoms with Crippen LogP contribution in [-0.4, -0.2) is 53.7 Å². The summed E-state index contributed by atoms with van der Waals surface area (Å²) >= 11 is 0. The number of nitrogens with zero attached hydrogens (tertiary/aromatic N) is 3. The van der Waals surface area contributed by atoms with Crippen LogP contribution in [0.5, 0.6) is 5.75 Å². The van der Waals surface area contributed by atoms with Gasteiger partial charge in [0.15, 0.2) is 0 Å². The first-order valence-corrected chi connectivity index (χ1v) is 11.9. The van der Waals surface area contributed by atoms with Gasteiger partial charge in [-0.1, -0.05) is 36.4 Å². The molecule has 1 atom stereocenters. The standard InChI is InChI=1S/C24H23N3O4S/c28-23(19-8-2-1-3-9-19)26-15-13-24(17-26)18-27(16-20-10-6-7-14-25-20)32(29,30)22-12-5-4-11-21(22)31-24/h1-12,14H,13,15-18H2/t24-/m0/s1. The second-order valence-corrected chi connectivity index (χ2v) is 10.1. The maximum atomic E-state index is 13.5. The third-order valence-corrected chi connectivity index (χ3v) is 7.78. The summed E-state index contributed by atoms with van der Waals surface area (Å²) in [7, 11) is -3.81. The summed E-state index contributed by atoms with van der Waals surface area (Å²) in [6.45, 7) is 1.07. The van der Waals surface area contributed by atoms with Crippen LogP contribution < -0.4 is 4.74 Å². The van der Waals surface area contributed by atoms with Crippen molar-refractivity contribution in [3.63, 3.8) is 0 Å². The Hall–Kier alpha value is -3.23. The average molecular weight is 450 g/mol. The van der Waals surface area contributed by atoms with Crippen molar-refractivity contribution in [1.82, 2.24) is 14.2 Å². The van der Waals surface area contributed by atoms with E-state index in [1.165, 1.54) is 4.31 Å². The molecule has 8 heteroatoms. The Morgan fingerprint density at radius 2 is 1.72 bits per heavy atom. The highest BCUT2D eigenvalue weighted by atomic mass is 32.2. The maximum Gasteiger partial charge on any atom is 0.253 e. The molecule has 5 rings (SSSR count). The molecule has 1 fully saturated rings. The molecule has 2 aliphatic rings. The van der Waals surface area contributed by atoms with Crippen molar-refractivity contribution in [2.45, 2.75) is 23.5 Å². The maximum absolute atomic E-state index is 13.5. The summed E-state index contributed by atoms with van der Waals surface area (Å²) in [4.78, 5) is 19.2. The van der Waals surface area contributed by atoms with Crippen molar-refractivity contribution in [1.29, 1.82) is 0 Å². The number of carbonyl (C=O) groups is 1. The number of rotatable bonds is 3. The van der Waals surface area contributed by atoms with Crippen molar-refractivity contribution < 1.29 is 17.9 Å². The Labute approximate surface area is 187 Å². The summed E-state index contributed by atoms with van der Waals surface area (Å²) in [6, 6.07) is 21.2. The minimum absolute atomic E-state index is 0.0808. The largest absolute Gasteiger partial charge is 0.483 e. The molecule has 0 saturated carbocycles. The number of amides is 1. The summed E-state index contributed by atoms with van der Waals surface area (Å²) in [5.74, 6) is 0.243. The zero-order valence-corrected chi connectivity index (χ0v) is 18.2. The number of pyridine rings is 1. The van der Waals surface area contributed by atoms with Crippen LogP contribution >= 0.6 is 0 Å². The van der Waals surface area contributed by atoms with Crippen LogP contribution in [0.15, 0.2) is 83.9 Å². The third kappa shape index (κ3) is 3.76. The number of hydrogen-bond acceptors (Lipinski definition) is 5. The first-order valence-electron chi connectivity index (χ1n) is 10.5. The lowest BCUT2D eigenvalue weighted by molar-refractivity contribution is 0.0509. The smallest absolute Gasteiger partial charge is 0.253 e. The molecule has 1 aromatic heterocycles. The molecule has 0 unspecified atom stereocenters. The van der Waals surface area contributed by atoms with Gasteiger partial charge >= 0.3 is 0 Å². The Balaban J connectivity index is 1.50. The molecule has 0 N–H and O–H groups in total. The van der Waals surface area contributed by atoms with Crippen LogP contribution in [0, 0.1) is 0 Å². The van der Waals surface area contributed by atoms with Crippen LogP contribution in [0.2, 0.25) is 0 Å². The zero-order chi connectivity index (χ0) is 22.2. The normalized spacial score (nSPS) is 22.2. The molecule has 1 amide bonds. The lowest BCUT2D eigenvalue weighted by Gasteiger charge is -2.31. The van der Waals surface area contributed by atoms with E-state index < -0.39 is 15.6 Å². The molecule has 3 aromatic rings. The van der Waals surface area contributed by atoms with Crippen LogP contribution in [0.1, 0.15) is 22.5 Å². The van der Waals surface area contributed by atoms with Gasteiger partial charge in [-0.3, -0.25) is 9.78 Å². The van der Waals surface area contributed by atoms with Crippen molar-refractivity contribution in [2.75, 3.05) is 19.6 Å². The van der Waals surface area contributed by atoms with E-state index in [9.17, 15) is 13.2 Å². The number of carbonyl (C=O) groups excluding carboxylic acids is 1. The minimum atomic E-state index is -3.81. The van der Waals surface area contributed by atoms with E-state index >= 15 is 0 Å². The van der Waals surface area contributed by atoms with Gasteiger partial charge in [-0.2, -0.15) is 4.31 Å². The molecule has 1 spiro atoms. The monoisotopic (exact) mass is 449 g/mol. The van der Waals surface area contributed by atoms with Gasteiger partial charge in [-0.15, -0.1) is 0 Å². The molecule has 1 saturated heterocycles. The van der Waals surface area contributed by atoms with Crippen molar-refractivity contribution in [2.24, 2.45) is 0 Å². The summed E-state index contributed by atoms with van der Waals surface area (Å²) in [5, 5.41) is 0. The fourth-order valence-electron chi connectivity index (χ4n) is 4.37. The van der Waals surface area contributed by atoms with E-state index in [-0.39, 0.29) is 23.9 Å². The lowest BCUT2D eigenvalue weighted by Crippen LogP contribution is -2.49. The number of sulfonamides is 1. The van der Waals surface area contributed by atoms with Crippen molar-refractivity contribution >= 4 is 15.9 Å². The number of para-hydroxylation sites is 1. The highest BCUT2D eigenvalue weighted by Crippen LogP contribution is 2.39.